The van der Waals surface area contributed by atoms with Crippen molar-refractivity contribution in [3.05, 3.63) is 70.5 Å². The van der Waals surface area contributed by atoms with Crippen LogP contribution in [0.2, 0.25) is 0 Å². The summed E-state index contributed by atoms with van der Waals surface area (Å²) < 4.78 is 50.9. The Labute approximate surface area is 180 Å². The molecule has 0 saturated carbocycles. The maximum atomic E-state index is 13.0. The molecule has 1 N–H and O–H groups in total. The highest BCUT2D eigenvalue weighted by Crippen LogP contribution is 2.33. The molecule has 1 aliphatic heterocycles. The average Bonchev–Trinajstić information content (AvgIpc) is 3.34. The zero-order valence-electron chi connectivity index (χ0n) is 17.1. The van der Waals surface area contributed by atoms with E-state index < -0.39 is 23.4 Å². The Morgan fingerprint density at radius 3 is 2.59 bits per heavy atom. The molecule has 0 fully saturated rings. The summed E-state index contributed by atoms with van der Waals surface area (Å²) in [6, 6.07) is 9.74. The van der Waals surface area contributed by atoms with E-state index in [2.05, 4.69) is 10.4 Å². The van der Waals surface area contributed by atoms with E-state index in [9.17, 15) is 22.8 Å². The molecule has 7 nitrogen and oxygen atoms in total. The highest BCUT2D eigenvalue weighted by atomic mass is 19.4. The van der Waals surface area contributed by atoms with Gasteiger partial charge in [-0.1, -0.05) is 12.1 Å². The maximum absolute atomic E-state index is 13.0. The molecule has 0 bridgehead atoms. The van der Waals surface area contributed by atoms with Crippen molar-refractivity contribution < 1.29 is 32.2 Å². The van der Waals surface area contributed by atoms with Crippen LogP contribution < -0.4 is 14.8 Å². The number of alkyl halides is 3. The van der Waals surface area contributed by atoms with Crippen molar-refractivity contribution in [3.63, 3.8) is 0 Å². The average molecular weight is 445 g/mol. The second-order valence-corrected chi connectivity index (χ2v) is 7.21. The van der Waals surface area contributed by atoms with Crippen LogP contribution >= 0.6 is 0 Å². The number of hydrogen-bond donors (Lipinski definition) is 1. The number of nitrogens with zero attached hydrogens (tertiary/aromatic N) is 2. The van der Waals surface area contributed by atoms with Crippen molar-refractivity contribution in [2.24, 2.45) is 0 Å². The van der Waals surface area contributed by atoms with E-state index in [4.69, 9.17) is 9.47 Å². The van der Waals surface area contributed by atoms with Gasteiger partial charge in [0, 0.05) is 6.54 Å². The summed E-state index contributed by atoms with van der Waals surface area (Å²) in [4.78, 5) is 25.3. The number of rotatable bonds is 5. The monoisotopic (exact) mass is 445 g/mol. The lowest BCUT2D eigenvalue weighted by Crippen LogP contribution is -2.31. The van der Waals surface area contributed by atoms with E-state index in [1.165, 1.54) is 30.7 Å². The SMILES string of the molecule is Cc1nn(-c2cccc(C(F)(F)F)c2)c(C)c1C(=O)C(=O)NCc1ccc2c(c1)OCO2. The number of fused-ring (bicyclic) bond motifs is 1. The van der Waals surface area contributed by atoms with Crippen LogP contribution in [0.4, 0.5) is 13.2 Å². The molecule has 166 valence electrons. The normalized spacial score (nSPS) is 12.7. The van der Waals surface area contributed by atoms with Crippen LogP contribution in [-0.4, -0.2) is 28.3 Å². The number of amides is 1. The molecule has 1 aromatic heterocycles. The van der Waals surface area contributed by atoms with Gasteiger partial charge in [0.1, 0.15) is 0 Å². The van der Waals surface area contributed by atoms with Gasteiger partial charge in [0.2, 0.25) is 6.79 Å². The zero-order chi connectivity index (χ0) is 23.0. The number of aromatic nitrogens is 2. The van der Waals surface area contributed by atoms with E-state index in [1.807, 2.05) is 0 Å². The van der Waals surface area contributed by atoms with Gasteiger partial charge in [-0.15, -0.1) is 0 Å². The van der Waals surface area contributed by atoms with Gasteiger partial charge in [0.15, 0.2) is 11.5 Å². The number of Topliss-reactive ketones (excluding diaryl/α,β-unsaturated/α-hetero) is 1. The highest BCUT2D eigenvalue weighted by molar-refractivity contribution is 6.43. The first kappa shape index (κ1) is 21.4. The number of ketones is 1. The molecule has 0 unspecified atom stereocenters. The number of ether oxygens (including phenoxy) is 2. The van der Waals surface area contributed by atoms with E-state index in [-0.39, 0.29) is 36.0 Å². The van der Waals surface area contributed by atoms with Crippen LogP contribution in [0, 0.1) is 13.8 Å². The van der Waals surface area contributed by atoms with Gasteiger partial charge in [0.25, 0.3) is 11.7 Å². The molecule has 0 radical (unpaired) electrons. The van der Waals surface area contributed by atoms with Crippen LogP contribution in [0.25, 0.3) is 5.69 Å². The number of hydrogen-bond acceptors (Lipinski definition) is 5. The summed E-state index contributed by atoms with van der Waals surface area (Å²) in [5.41, 5.74) is 0.569. The summed E-state index contributed by atoms with van der Waals surface area (Å²) >= 11 is 0. The number of aryl methyl sites for hydroxylation is 1. The summed E-state index contributed by atoms with van der Waals surface area (Å²) in [6.45, 7) is 3.26. The molecule has 3 aromatic rings. The lowest BCUT2D eigenvalue weighted by Gasteiger charge is -2.10. The Morgan fingerprint density at radius 1 is 1.09 bits per heavy atom. The summed E-state index contributed by atoms with van der Waals surface area (Å²) in [5.74, 6) is -0.516. The fourth-order valence-corrected chi connectivity index (χ4v) is 3.46. The molecule has 2 aromatic carbocycles. The van der Waals surface area contributed by atoms with Crippen LogP contribution in [0.5, 0.6) is 11.5 Å². The number of halogens is 3. The molecular formula is C22H18F3N3O4. The Balaban J connectivity index is 1.53. The first-order valence-corrected chi connectivity index (χ1v) is 9.60. The molecule has 10 heteroatoms. The van der Waals surface area contributed by atoms with Crippen molar-refractivity contribution in [1.82, 2.24) is 15.1 Å². The van der Waals surface area contributed by atoms with Crippen molar-refractivity contribution >= 4 is 11.7 Å². The van der Waals surface area contributed by atoms with Crippen molar-refractivity contribution in [2.75, 3.05) is 6.79 Å². The number of benzene rings is 2. The summed E-state index contributed by atoms with van der Waals surface area (Å²) in [5, 5.41) is 6.73. The van der Waals surface area contributed by atoms with Crippen molar-refractivity contribution in [3.8, 4) is 17.2 Å². The second-order valence-electron chi connectivity index (χ2n) is 7.21. The fourth-order valence-electron chi connectivity index (χ4n) is 3.46. The molecule has 0 saturated heterocycles. The van der Waals surface area contributed by atoms with Crippen molar-refractivity contribution in [2.45, 2.75) is 26.6 Å². The molecule has 2 heterocycles. The minimum atomic E-state index is -4.51. The zero-order valence-corrected chi connectivity index (χ0v) is 17.1. The van der Waals surface area contributed by atoms with Gasteiger partial charge < -0.3 is 14.8 Å². The number of carbonyl (C=O) groups excluding carboxylic acids is 2. The van der Waals surface area contributed by atoms with Gasteiger partial charge in [-0.25, -0.2) is 4.68 Å². The van der Waals surface area contributed by atoms with E-state index in [0.29, 0.717) is 17.1 Å². The molecule has 1 amide bonds. The lowest BCUT2D eigenvalue weighted by atomic mass is 10.1. The first-order valence-electron chi connectivity index (χ1n) is 9.60. The predicted octanol–water partition coefficient (Wildman–Crippen LogP) is 3.74. The van der Waals surface area contributed by atoms with Gasteiger partial charge in [-0.2, -0.15) is 18.3 Å². The van der Waals surface area contributed by atoms with E-state index in [0.717, 1.165) is 12.1 Å². The van der Waals surface area contributed by atoms with E-state index in [1.54, 1.807) is 18.2 Å². The molecule has 0 aliphatic carbocycles. The highest BCUT2D eigenvalue weighted by Gasteiger charge is 2.31. The fraction of sp³-hybridized carbons (Fsp3) is 0.227. The number of carbonyl (C=O) groups is 2. The lowest BCUT2D eigenvalue weighted by molar-refractivity contribution is -0.137. The van der Waals surface area contributed by atoms with Gasteiger partial charge in [-0.05, 0) is 49.7 Å². The minimum absolute atomic E-state index is 0.0469. The summed E-state index contributed by atoms with van der Waals surface area (Å²) in [6.07, 6.45) is -4.51. The van der Waals surface area contributed by atoms with Crippen LogP contribution in [0.1, 0.15) is 32.9 Å². The Kier molecular flexibility index (Phi) is 5.37. The third-order valence-corrected chi connectivity index (χ3v) is 5.03. The largest absolute Gasteiger partial charge is 0.454 e. The third-order valence-electron chi connectivity index (χ3n) is 5.03. The maximum Gasteiger partial charge on any atom is 0.416 e. The van der Waals surface area contributed by atoms with Gasteiger partial charge in [-0.3, -0.25) is 9.59 Å². The second kappa shape index (κ2) is 8.03. The molecular weight excluding hydrogens is 427 g/mol. The van der Waals surface area contributed by atoms with E-state index >= 15 is 0 Å². The molecule has 32 heavy (non-hydrogen) atoms. The van der Waals surface area contributed by atoms with Crippen LogP contribution in [0.3, 0.4) is 0 Å². The smallest absolute Gasteiger partial charge is 0.416 e. The van der Waals surface area contributed by atoms with Crippen molar-refractivity contribution in [1.29, 1.82) is 0 Å². The standard InChI is InChI=1S/C22H18F3N3O4/c1-12-19(13(2)28(27-12)16-5-3-4-15(9-16)22(23,24)25)20(29)21(30)26-10-14-6-7-17-18(8-14)32-11-31-17/h3-9H,10-11H2,1-2H3,(H,26,30). The molecule has 1 aliphatic rings. The van der Waals surface area contributed by atoms with Gasteiger partial charge >= 0.3 is 6.18 Å². The predicted molar refractivity (Wildman–Crippen MR) is 107 cm³/mol. The number of nitrogens with one attached hydrogen (secondary N) is 1. The van der Waals surface area contributed by atoms with Gasteiger partial charge in [0.05, 0.1) is 28.2 Å². The van der Waals surface area contributed by atoms with Crippen LogP contribution in [0.15, 0.2) is 42.5 Å². The summed E-state index contributed by atoms with van der Waals surface area (Å²) in [7, 11) is 0. The molecule has 4 rings (SSSR count). The quantitative estimate of drug-likeness (QED) is 0.478. The minimum Gasteiger partial charge on any atom is -0.454 e. The third kappa shape index (κ3) is 4.03. The molecule has 0 atom stereocenters. The Hall–Kier alpha value is -3.82. The molecule has 0 spiro atoms. The Morgan fingerprint density at radius 2 is 1.84 bits per heavy atom. The topological polar surface area (TPSA) is 82.5 Å². The first-order chi connectivity index (χ1) is 15.1. The van der Waals surface area contributed by atoms with Crippen LogP contribution in [-0.2, 0) is 17.5 Å². The Bertz CT molecular complexity index is 1220.